The fourth-order valence-corrected chi connectivity index (χ4v) is 1.89. The molecule has 0 spiro atoms. The van der Waals surface area contributed by atoms with Gasteiger partial charge in [0.2, 0.25) is 6.33 Å². The van der Waals surface area contributed by atoms with Gasteiger partial charge in [-0.3, -0.25) is 0 Å². The van der Waals surface area contributed by atoms with E-state index in [-0.39, 0.29) is 20.1 Å². The first-order valence-electron chi connectivity index (χ1n) is 5.80. The van der Waals surface area contributed by atoms with Gasteiger partial charge in [0.1, 0.15) is 12.4 Å². The SMILES string of the molecule is C[n+]1ccn(-c2cc[c-]c(-c3ccccn3)c2)c1.[Ir]. The minimum atomic E-state index is 0. The van der Waals surface area contributed by atoms with E-state index in [1.165, 1.54) is 0 Å². The van der Waals surface area contributed by atoms with Gasteiger partial charge >= 0.3 is 0 Å². The molecule has 0 N–H and O–H groups in total. The van der Waals surface area contributed by atoms with Gasteiger partial charge in [0.15, 0.2) is 0 Å². The molecule has 2 aromatic heterocycles. The van der Waals surface area contributed by atoms with Crippen molar-refractivity contribution >= 4 is 0 Å². The summed E-state index contributed by atoms with van der Waals surface area (Å²) in [6, 6.07) is 15.2. The van der Waals surface area contributed by atoms with Crippen molar-refractivity contribution in [3.05, 3.63) is 67.4 Å². The molecule has 19 heavy (non-hydrogen) atoms. The van der Waals surface area contributed by atoms with E-state index in [4.69, 9.17) is 0 Å². The summed E-state index contributed by atoms with van der Waals surface area (Å²) in [5.41, 5.74) is 3.05. The first-order chi connectivity index (χ1) is 8.83. The minimum absolute atomic E-state index is 0. The molecule has 3 aromatic rings. The van der Waals surface area contributed by atoms with Crippen molar-refractivity contribution in [1.29, 1.82) is 0 Å². The number of aryl methyl sites for hydroxylation is 1. The van der Waals surface area contributed by atoms with Crippen LogP contribution in [0.2, 0.25) is 0 Å². The van der Waals surface area contributed by atoms with Crippen molar-refractivity contribution in [2.75, 3.05) is 0 Å². The second-order valence-electron chi connectivity index (χ2n) is 4.16. The summed E-state index contributed by atoms with van der Waals surface area (Å²) in [4.78, 5) is 4.34. The summed E-state index contributed by atoms with van der Waals surface area (Å²) in [5, 5.41) is 0. The molecule has 0 aliphatic heterocycles. The number of rotatable bonds is 2. The molecule has 97 valence electrons. The average molecular weight is 428 g/mol. The molecule has 4 heteroatoms. The number of hydrogen-bond donors (Lipinski definition) is 0. The Morgan fingerprint density at radius 3 is 2.84 bits per heavy atom. The summed E-state index contributed by atoms with van der Waals surface area (Å²) < 4.78 is 4.08. The Morgan fingerprint density at radius 1 is 1.26 bits per heavy atom. The van der Waals surface area contributed by atoms with E-state index >= 15 is 0 Å². The standard InChI is InChI=1S/C15H13N3.Ir/c1-17-9-10-18(12-17)14-6-4-5-13(11-14)15-7-2-3-8-16-15;/h2-4,6-12H,1H3;. The Balaban J connectivity index is 0.00000133. The summed E-state index contributed by atoms with van der Waals surface area (Å²) in [6.07, 6.45) is 7.86. The van der Waals surface area contributed by atoms with E-state index in [1.54, 1.807) is 6.20 Å². The van der Waals surface area contributed by atoms with E-state index in [0.29, 0.717) is 0 Å². The van der Waals surface area contributed by atoms with Crippen molar-refractivity contribution in [2.24, 2.45) is 7.05 Å². The van der Waals surface area contributed by atoms with Gasteiger partial charge < -0.3 is 4.98 Å². The van der Waals surface area contributed by atoms with E-state index in [2.05, 4.69) is 21.7 Å². The molecule has 0 amide bonds. The van der Waals surface area contributed by atoms with Gasteiger partial charge in [-0.15, -0.1) is 17.7 Å². The van der Waals surface area contributed by atoms with Crippen LogP contribution in [0, 0.1) is 6.07 Å². The Hall–Kier alpha value is -1.77. The van der Waals surface area contributed by atoms with Gasteiger partial charge in [-0.2, -0.15) is 0 Å². The van der Waals surface area contributed by atoms with Crippen molar-refractivity contribution in [3.8, 4) is 16.9 Å². The van der Waals surface area contributed by atoms with Crippen LogP contribution < -0.4 is 4.57 Å². The molecule has 0 aliphatic carbocycles. The zero-order valence-electron chi connectivity index (χ0n) is 10.4. The van der Waals surface area contributed by atoms with Gasteiger partial charge in [-0.05, 0) is 11.8 Å². The van der Waals surface area contributed by atoms with Crippen LogP contribution in [-0.4, -0.2) is 9.55 Å². The van der Waals surface area contributed by atoms with Crippen LogP contribution in [0.3, 0.4) is 0 Å². The zero-order chi connectivity index (χ0) is 12.4. The minimum Gasteiger partial charge on any atom is -0.305 e. The van der Waals surface area contributed by atoms with Gasteiger partial charge in [0.05, 0.1) is 12.7 Å². The van der Waals surface area contributed by atoms with Crippen molar-refractivity contribution in [1.82, 2.24) is 9.55 Å². The van der Waals surface area contributed by atoms with Crippen molar-refractivity contribution in [3.63, 3.8) is 0 Å². The summed E-state index contributed by atoms with van der Waals surface area (Å²) >= 11 is 0. The van der Waals surface area contributed by atoms with E-state index in [0.717, 1.165) is 16.9 Å². The third kappa shape index (κ3) is 2.98. The zero-order valence-corrected chi connectivity index (χ0v) is 12.8. The van der Waals surface area contributed by atoms with Crippen molar-refractivity contribution < 1.29 is 24.7 Å². The number of aromatic nitrogens is 3. The Bertz CT molecular complexity index is 662. The van der Waals surface area contributed by atoms with Crippen LogP contribution in [0.25, 0.3) is 16.9 Å². The predicted octanol–water partition coefficient (Wildman–Crippen LogP) is 2.16. The van der Waals surface area contributed by atoms with E-state index < -0.39 is 0 Å². The third-order valence-corrected chi connectivity index (χ3v) is 2.79. The average Bonchev–Trinajstić information content (AvgIpc) is 2.87. The molecule has 3 nitrogen and oxygen atoms in total. The topological polar surface area (TPSA) is 21.7 Å². The molecule has 0 atom stereocenters. The molecular formula is C15H13IrN3. The number of benzene rings is 1. The van der Waals surface area contributed by atoms with Gasteiger partial charge in [-0.25, -0.2) is 9.13 Å². The van der Waals surface area contributed by atoms with E-state index in [9.17, 15) is 0 Å². The molecule has 1 radical (unpaired) electrons. The molecule has 1 aromatic carbocycles. The monoisotopic (exact) mass is 428 g/mol. The molecule has 0 saturated heterocycles. The van der Waals surface area contributed by atoms with Gasteiger partial charge in [0.25, 0.3) is 0 Å². The Labute approximate surface area is 125 Å². The normalized spacial score (nSPS) is 9.95. The van der Waals surface area contributed by atoms with Crippen LogP contribution in [0.15, 0.2) is 61.3 Å². The fraction of sp³-hybridized carbons (Fsp3) is 0.0667. The molecule has 0 aliphatic rings. The largest absolute Gasteiger partial charge is 0.305 e. The maximum Gasteiger partial charge on any atom is 0.247 e. The molecule has 0 unspecified atom stereocenters. The van der Waals surface area contributed by atoms with E-state index in [1.807, 2.05) is 60.7 Å². The van der Waals surface area contributed by atoms with Crippen LogP contribution >= 0.6 is 0 Å². The number of nitrogens with zero attached hydrogens (tertiary/aromatic N) is 3. The smallest absolute Gasteiger partial charge is 0.247 e. The maximum atomic E-state index is 4.34. The maximum absolute atomic E-state index is 4.34. The summed E-state index contributed by atoms with van der Waals surface area (Å²) in [5.74, 6) is 0. The summed E-state index contributed by atoms with van der Waals surface area (Å²) in [7, 11) is 2.01. The first-order valence-corrected chi connectivity index (χ1v) is 5.80. The van der Waals surface area contributed by atoms with Crippen LogP contribution in [0.1, 0.15) is 0 Å². The molecule has 3 rings (SSSR count). The van der Waals surface area contributed by atoms with Crippen LogP contribution in [-0.2, 0) is 27.2 Å². The third-order valence-electron chi connectivity index (χ3n) is 2.79. The molecule has 2 heterocycles. The van der Waals surface area contributed by atoms with Gasteiger partial charge in [0, 0.05) is 26.3 Å². The number of imidazole rings is 1. The summed E-state index contributed by atoms with van der Waals surface area (Å²) in [6.45, 7) is 0. The fourth-order valence-electron chi connectivity index (χ4n) is 1.89. The quantitative estimate of drug-likeness (QED) is 0.454. The van der Waals surface area contributed by atoms with Crippen LogP contribution in [0.4, 0.5) is 0 Å². The van der Waals surface area contributed by atoms with Crippen molar-refractivity contribution in [2.45, 2.75) is 0 Å². The van der Waals surface area contributed by atoms with Crippen LogP contribution in [0.5, 0.6) is 0 Å². The first kappa shape index (κ1) is 13.7. The second kappa shape index (κ2) is 5.91. The molecule has 0 saturated carbocycles. The molecule has 0 fully saturated rings. The number of hydrogen-bond acceptors (Lipinski definition) is 1. The Morgan fingerprint density at radius 2 is 2.16 bits per heavy atom. The van der Waals surface area contributed by atoms with Gasteiger partial charge in [-0.1, -0.05) is 24.3 Å². The predicted molar refractivity (Wildman–Crippen MR) is 69.0 cm³/mol. The molecular weight excluding hydrogens is 414 g/mol. The Kier molecular flexibility index (Phi) is 4.25. The second-order valence-corrected chi connectivity index (χ2v) is 4.16. The number of pyridine rings is 1. The molecule has 0 bridgehead atoms.